The van der Waals surface area contributed by atoms with Crippen molar-refractivity contribution in [1.82, 2.24) is 4.98 Å². The Labute approximate surface area is 125 Å². The molecule has 0 amide bonds. The van der Waals surface area contributed by atoms with Crippen molar-refractivity contribution in [2.24, 2.45) is 0 Å². The summed E-state index contributed by atoms with van der Waals surface area (Å²) in [5.74, 6) is 0. The number of nitro groups is 1. The predicted octanol–water partition coefficient (Wildman–Crippen LogP) is 5.56. The first-order valence-electron chi connectivity index (χ1n) is 6.12. The molecule has 2 aromatic carbocycles. The molecule has 0 aliphatic rings. The SMILES string of the molecule is CC.O=[N+]([O-])c1c(Cl)ccc2[nH]c3ccc(Cl)cc3c12. The highest BCUT2D eigenvalue weighted by atomic mass is 35.5. The van der Waals surface area contributed by atoms with Crippen LogP contribution in [0.5, 0.6) is 0 Å². The molecule has 0 aliphatic carbocycles. The largest absolute Gasteiger partial charge is 0.354 e. The molecular formula is C14H12Cl2N2O2. The molecule has 104 valence electrons. The molecule has 0 bridgehead atoms. The summed E-state index contributed by atoms with van der Waals surface area (Å²) in [5.41, 5.74) is 1.37. The number of nitro benzene ring substituents is 1. The highest BCUT2D eigenvalue weighted by molar-refractivity contribution is 6.35. The van der Waals surface area contributed by atoms with Gasteiger partial charge >= 0.3 is 0 Å². The van der Waals surface area contributed by atoms with Crippen molar-refractivity contribution >= 4 is 50.7 Å². The molecule has 1 N–H and O–H groups in total. The van der Waals surface area contributed by atoms with Crippen LogP contribution in [0.25, 0.3) is 21.8 Å². The number of rotatable bonds is 1. The third kappa shape index (κ3) is 2.32. The van der Waals surface area contributed by atoms with Crippen LogP contribution >= 0.6 is 23.2 Å². The number of hydrogen-bond donors (Lipinski definition) is 1. The Morgan fingerprint density at radius 1 is 1.10 bits per heavy atom. The lowest BCUT2D eigenvalue weighted by molar-refractivity contribution is -0.382. The van der Waals surface area contributed by atoms with Gasteiger partial charge in [0.25, 0.3) is 5.69 Å². The van der Waals surface area contributed by atoms with E-state index < -0.39 is 4.92 Å². The summed E-state index contributed by atoms with van der Waals surface area (Å²) >= 11 is 11.8. The minimum absolute atomic E-state index is 0.0947. The van der Waals surface area contributed by atoms with Crippen molar-refractivity contribution < 1.29 is 4.92 Å². The quantitative estimate of drug-likeness (QED) is 0.472. The molecule has 20 heavy (non-hydrogen) atoms. The van der Waals surface area contributed by atoms with Crippen molar-refractivity contribution in [2.75, 3.05) is 0 Å². The van der Waals surface area contributed by atoms with Gasteiger partial charge in [0.2, 0.25) is 0 Å². The first-order valence-corrected chi connectivity index (χ1v) is 6.87. The standard InChI is InChI=1S/C12H6Cl2N2O2.C2H6/c13-6-1-3-9-7(5-6)11-10(15-9)4-2-8(14)12(11)16(17)18;1-2/h1-5,15H;1-2H3. The van der Waals surface area contributed by atoms with E-state index in [1.807, 2.05) is 13.8 Å². The lowest BCUT2D eigenvalue weighted by Gasteiger charge is -1.97. The first-order chi connectivity index (χ1) is 9.58. The molecule has 0 aliphatic heterocycles. The summed E-state index contributed by atoms with van der Waals surface area (Å²) in [5, 5.41) is 13.0. The Kier molecular flexibility index (Phi) is 4.16. The van der Waals surface area contributed by atoms with Crippen LogP contribution in [0.2, 0.25) is 10.0 Å². The molecule has 1 aromatic heterocycles. The highest BCUT2D eigenvalue weighted by Crippen LogP contribution is 2.38. The normalized spacial score (nSPS) is 10.4. The van der Waals surface area contributed by atoms with E-state index in [9.17, 15) is 10.1 Å². The lowest BCUT2D eigenvalue weighted by Crippen LogP contribution is -1.89. The summed E-state index contributed by atoms with van der Waals surface area (Å²) in [4.78, 5) is 13.8. The predicted molar refractivity (Wildman–Crippen MR) is 83.8 cm³/mol. The van der Waals surface area contributed by atoms with Crippen LogP contribution in [0.15, 0.2) is 30.3 Å². The first kappa shape index (κ1) is 14.6. The van der Waals surface area contributed by atoms with Crippen LogP contribution in [0.1, 0.15) is 13.8 Å². The number of benzene rings is 2. The number of aromatic amines is 1. The maximum Gasteiger partial charge on any atom is 0.297 e. The molecule has 0 fully saturated rings. The second-order valence-electron chi connectivity index (χ2n) is 3.89. The van der Waals surface area contributed by atoms with E-state index >= 15 is 0 Å². The Balaban J connectivity index is 0.000000704. The van der Waals surface area contributed by atoms with Gasteiger partial charge in [-0.1, -0.05) is 37.0 Å². The zero-order chi connectivity index (χ0) is 14.9. The van der Waals surface area contributed by atoms with Crippen LogP contribution in [-0.2, 0) is 0 Å². The maximum absolute atomic E-state index is 11.1. The van der Waals surface area contributed by atoms with Gasteiger partial charge in [0.05, 0.1) is 15.8 Å². The summed E-state index contributed by atoms with van der Waals surface area (Å²) in [6, 6.07) is 8.44. The number of hydrogen-bond acceptors (Lipinski definition) is 2. The van der Waals surface area contributed by atoms with Crippen molar-refractivity contribution in [3.05, 3.63) is 50.5 Å². The second kappa shape index (κ2) is 5.69. The van der Waals surface area contributed by atoms with Crippen LogP contribution in [-0.4, -0.2) is 9.91 Å². The Bertz CT molecular complexity index is 797. The van der Waals surface area contributed by atoms with E-state index in [-0.39, 0.29) is 10.7 Å². The molecule has 0 saturated carbocycles. The smallest absolute Gasteiger partial charge is 0.297 e. The molecule has 3 aromatic rings. The third-order valence-electron chi connectivity index (χ3n) is 2.83. The van der Waals surface area contributed by atoms with Crippen molar-refractivity contribution in [3.8, 4) is 0 Å². The molecule has 6 heteroatoms. The maximum atomic E-state index is 11.1. The number of nitrogens with zero attached hydrogens (tertiary/aromatic N) is 1. The monoisotopic (exact) mass is 310 g/mol. The van der Waals surface area contributed by atoms with E-state index in [4.69, 9.17) is 23.2 Å². The Morgan fingerprint density at radius 2 is 1.75 bits per heavy atom. The molecule has 4 nitrogen and oxygen atoms in total. The van der Waals surface area contributed by atoms with Crippen LogP contribution in [0, 0.1) is 10.1 Å². The van der Waals surface area contributed by atoms with Gasteiger partial charge in [0.1, 0.15) is 5.02 Å². The zero-order valence-corrected chi connectivity index (χ0v) is 12.4. The van der Waals surface area contributed by atoms with Gasteiger partial charge in [0, 0.05) is 15.9 Å². The fourth-order valence-electron chi connectivity index (χ4n) is 2.10. The van der Waals surface area contributed by atoms with Gasteiger partial charge in [-0.05, 0) is 30.3 Å². The molecule has 0 spiro atoms. The Morgan fingerprint density at radius 3 is 2.40 bits per heavy atom. The number of aromatic nitrogens is 1. The molecule has 0 saturated heterocycles. The number of fused-ring (bicyclic) bond motifs is 3. The van der Waals surface area contributed by atoms with Crippen molar-refractivity contribution in [3.63, 3.8) is 0 Å². The number of H-pyrrole nitrogens is 1. The number of halogens is 2. The van der Waals surface area contributed by atoms with Crippen molar-refractivity contribution in [2.45, 2.75) is 13.8 Å². The summed E-state index contributed by atoms with van der Waals surface area (Å²) in [6.45, 7) is 4.00. The van der Waals surface area contributed by atoms with Gasteiger partial charge in [-0.2, -0.15) is 0 Å². The van der Waals surface area contributed by atoms with E-state index in [1.165, 1.54) is 6.07 Å². The van der Waals surface area contributed by atoms with Gasteiger partial charge in [-0.25, -0.2) is 0 Å². The molecular weight excluding hydrogens is 299 g/mol. The average Bonchev–Trinajstić information content (AvgIpc) is 2.78. The topological polar surface area (TPSA) is 58.9 Å². The van der Waals surface area contributed by atoms with Crippen LogP contribution in [0.4, 0.5) is 5.69 Å². The van der Waals surface area contributed by atoms with Gasteiger partial charge in [-0.3, -0.25) is 10.1 Å². The molecule has 0 unspecified atom stereocenters. The summed E-state index contributed by atoms with van der Waals surface area (Å²) in [6.07, 6.45) is 0. The molecule has 1 heterocycles. The second-order valence-corrected chi connectivity index (χ2v) is 4.73. The van der Waals surface area contributed by atoms with E-state index in [0.29, 0.717) is 21.3 Å². The lowest BCUT2D eigenvalue weighted by atomic mass is 10.1. The van der Waals surface area contributed by atoms with E-state index in [2.05, 4.69) is 4.98 Å². The average molecular weight is 311 g/mol. The fourth-order valence-corrected chi connectivity index (χ4v) is 2.50. The van der Waals surface area contributed by atoms with E-state index in [0.717, 1.165) is 5.52 Å². The number of nitrogens with one attached hydrogen (secondary N) is 1. The summed E-state index contributed by atoms with van der Waals surface area (Å²) in [7, 11) is 0. The minimum Gasteiger partial charge on any atom is -0.354 e. The van der Waals surface area contributed by atoms with Crippen molar-refractivity contribution in [1.29, 1.82) is 0 Å². The summed E-state index contributed by atoms with van der Waals surface area (Å²) < 4.78 is 0. The van der Waals surface area contributed by atoms with Gasteiger partial charge in [0.15, 0.2) is 0 Å². The molecule has 3 rings (SSSR count). The molecule has 0 atom stereocenters. The fraction of sp³-hybridized carbons (Fsp3) is 0.143. The van der Waals surface area contributed by atoms with Crippen LogP contribution < -0.4 is 0 Å². The zero-order valence-electron chi connectivity index (χ0n) is 10.9. The Hall–Kier alpha value is -1.78. The van der Waals surface area contributed by atoms with E-state index in [1.54, 1.807) is 24.3 Å². The van der Waals surface area contributed by atoms with Gasteiger partial charge < -0.3 is 4.98 Å². The van der Waals surface area contributed by atoms with Crippen LogP contribution in [0.3, 0.4) is 0 Å². The minimum atomic E-state index is -0.473. The molecule has 0 radical (unpaired) electrons. The third-order valence-corrected chi connectivity index (χ3v) is 3.37. The highest BCUT2D eigenvalue weighted by Gasteiger charge is 2.21. The van der Waals surface area contributed by atoms with Gasteiger partial charge in [-0.15, -0.1) is 0 Å².